The fourth-order valence-electron chi connectivity index (χ4n) is 1.76. The van der Waals surface area contributed by atoms with Crippen molar-refractivity contribution in [3.63, 3.8) is 0 Å². The minimum atomic E-state index is -0.0933. The summed E-state index contributed by atoms with van der Waals surface area (Å²) in [6.45, 7) is 0.718. The van der Waals surface area contributed by atoms with Crippen LogP contribution in [0.3, 0.4) is 0 Å². The highest BCUT2D eigenvalue weighted by molar-refractivity contribution is 14.1. The summed E-state index contributed by atoms with van der Waals surface area (Å²) >= 11 is 4.49. The normalized spacial score (nSPS) is 19.9. The van der Waals surface area contributed by atoms with E-state index in [1.54, 1.807) is 7.11 Å². The summed E-state index contributed by atoms with van der Waals surface area (Å²) < 4.78 is 7.42. The second-order valence-corrected chi connectivity index (χ2v) is 6.05. The van der Waals surface area contributed by atoms with Gasteiger partial charge >= 0.3 is 0 Å². The van der Waals surface area contributed by atoms with E-state index in [9.17, 15) is 4.79 Å². The molecular formula is C11H12I2N2O2. The van der Waals surface area contributed by atoms with Crippen molar-refractivity contribution in [3.8, 4) is 5.75 Å². The third kappa shape index (κ3) is 3.02. The van der Waals surface area contributed by atoms with Gasteiger partial charge in [0, 0.05) is 13.0 Å². The summed E-state index contributed by atoms with van der Waals surface area (Å²) in [6.07, 6.45) is 0.449. The molecule has 92 valence electrons. The third-order valence-corrected chi connectivity index (χ3v) is 4.17. The van der Waals surface area contributed by atoms with E-state index < -0.39 is 0 Å². The van der Waals surface area contributed by atoms with Crippen molar-refractivity contribution in [1.82, 2.24) is 10.6 Å². The fraction of sp³-hybridized carbons (Fsp3) is 0.364. The largest absolute Gasteiger partial charge is 0.495 e. The molecule has 0 aliphatic carbocycles. The zero-order chi connectivity index (χ0) is 12.4. The number of hydrogen-bond donors (Lipinski definition) is 2. The first-order valence-electron chi connectivity index (χ1n) is 5.17. The van der Waals surface area contributed by atoms with Gasteiger partial charge in [0.05, 0.1) is 14.3 Å². The monoisotopic (exact) mass is 458 g/mol. The maximum atomic E-state index is 11.4. The Hall–Kier alpha value is -0.0900. The van der Waals surface area contributed by atoms with Crippen LogP contribution in [0.15, 0.2) is 12.1 Å². The highest BCUT2D eigenvalue weighted by Gasteiger charge is 2.20. The summed E-state index contributed by atoms with van der Waals surface area (Å²) in [4.78, 5) is 11.4. The van der Waals surface area contributed by atoms with Gasteiger partial charge in [0.15, 0.2) is 0 Å². The molecule has 4 nitrogen and oxygen atoms in total. The van der Waals surface area contributed by atoms with E-state index in [0.29, 0.717) is 6.42 Å². The molecule has 6 heteroatoms. The summed E-state index contributed by atoms with van der Waals surface area (Å²) in [7, 11) is 1.67. The van der Waals surface area contributed by atoms with Crippen molar-refractivity contribution in [3.05, 3.63) is 24.8 Å². The Balaban J connectivity index is 2.30. The zero-order valence-electron chi connectivity index (χ0n) is 9.22. The van der Waals surface area contributed by atoms with Gasteiger partial charge in [-0.15, -0.1) is 0 Å². The Labute approximate surface area is 127 Å². The van der Waals surface area contributed by atoms with Crippen LogP contribution in [-0.4, -0.2) is 19.6 Å². The average molecular weight is 458 g/mol. The summed E-state index contributed by atoms with van der Waals surface area (Å²) in [5.41, 5.74) is 1.06. The van der Waals surface area contributed by atoms with Crippen LogP contribution in [0.25, 0.3) is 0 Å². The van der Waals surface area contributed by atoms with Gasteiger partial charge in [-0.25, -0.2) is 0 Å². The van der Waals surface area contributed by atoms with Crippen LogP contribution < -0.4 is 15.4 Å². The maximum Gasteiger partial charge on any atom is 0.222 e. The molecule has 2 rings (SSSR count). The first kappa shape index (κ1) is 13.3. The first-order valence-corrected chi connectivity index (χ1v) is 7.33. The van der Waals surface area contributed by atoms with Crippen LogP contribution in [0.2, 0.25) is 0 Å². The number of amides is 1. The molecule has 1 atom stereocenters. The van der Waals surface area contributed by atoms with E-state index in [1.807, 2.05) is 12.1 Å². The van der Waals surface area contributed by atoms with E-state index in [0.717, 1.165) is 25.0 Å². The van der Waals surface area contributed by atoms with Crippen LogP contribution >= 0.6 is 45.2 Å². The summed E-state index contributed by atoms with van der Waals surface area (Å²) in [5, 5.41) is 6.21. The predicted octanol–water partition coefficient (Wildman–Crippen LogP) is 2.01. The Morgan fingerprint density at radius 3 is 2.53 bits per heavy atom. The van der Waals surface area contributed by atoms with Crippen molar-refractivity contribution in [2.75, 3.05) is 13.7 Å². The quantitative estimate of drug-likeness (QED) is 0.668. The summed E-state index contributed by atoms with van der Waals surface area (Å²) in [5.74, 6) is 0.978. The van der Waals surface area contributed by atoms with Crippen molar-refractivity contribution >= 4 is 51.1 Å². The van der Waals surface area contributed by atoms with Crippen LogP contribution in [0.4, 0.5) is 0 Å². The van der Waals surface area contributed by atoms with Gasteiger partial charge < -0.3 is 10.1 Å². The van der Waals surface area contributed by atoms with Gasteiger partial charge in [-0.05, 0) is 62.9 Å². The number of hydrogen-bond acceptors (Lipinski definition) is 3. The number of carbonyl (C=O) groups excluding carboxylic acids is 1. The molecule has 1 aliphatic rings. The minimum Gasteiger partial charge on any atom is -0.495 e. The molecule has 17 heavy (non-hydrogen) atoms. The Morgan fingerprint density at radius 2 is 2.00 bits per heavy atom. The topological polar surface area (TPSA) is 50.4 Å². The first-order chi connectivity index (χ1) is 8.11. The molecule has 1 aromatic rings. The van der Waals surface area contributed by atoms with Gasteiger partial charge in [-0.2, -0.15) is 0 Å². The highest BCUT2D eigenvalue weighted by atomic mass is 127. The Morgan fingerprint density at radius 1 is 1.35 bits per heavy atom. The maximum absolute atomic E-state index is 11.4. The molecule has 0 saturated carbocycles. The Bertz CT molecular complexity index is 428. The van der Waals surface area contributed by atoms with E-state index in [1.165, 1.54) is 0 Å². The predicted molar refractivity (Wildman–Crippen MR) is 81.9 cm³/mol. The number of methoxy groups -OCH3 is 1. The van der Waals surface area contributed by atoms with Crippen molar-refractivity contribution in [2.24, 2.45) is 0 Å². The lowest BCUT2D eigenvalue weighted by atomic mass is 10.1. The van der Waals surface area contributed by atoms with E-state index in [2.05, 4.69) is 55.8 Å². The smallest absolute Gasteiger partial charge is 0.222 e. The van der Waals surface area contributed by atoms with Crippen LogP contribution in [0, 0.1) is 7.14 Å². The zero-order valence-corrected chi connectivity index (χ0v) is 13.5. The average Bonchev–Trinajstić information content (AvgIpc) is 2.28. The molecule has 1 heterocycles. The number of rotatable bonds is 2. The molecule has 0 radical (unpaired) electrons. The minimum absolute atomic E-state index is 0.0922. The molecular weight excluding hydrogens is 446 g/mol. The second kappa shape index (κ2) is 5.70. The molecule has 1 aliphatic heterocycles. The molecule has 0 spiro atoms. The Kier molecular flexibility index (Phi) is 4.47. The molecule has 0 aromatic heterocycles. The molecule has 1 amide bonds. The molecule has 1 saturated heterocycles. The van der Waals surface area contributed by atoms with E-state index in [4.69, 9.17) is 4.74 Å². The standard InChI is InChI=1S/C11H12I2N2O2/c1-17-10-7(12)4-6(5-8(10)13)11-14-3-2-9(16)15-11/h4-5,11,14H,2-3H2,1H3,(H,15,16)/t11-/m0/s1. The van der Waals surface area contributed by atoms with Crippen LogP contribution in [0.5, 0.6) is 5.75 Å². The molecule has 0 unspecified atom stereocenters. The van der Waals surface area contributed by atoms with Gasteiger partial charge in [-0.3, -0.25) is 10.1 Å². The van der Waals surface area contributed by atoms with Crippen molar-refractivity contribution < 1.29 is 9.53 Å². The highest BCUT2D eigenvalue weighted by Crippen LogP contribution is 2.30. The van der Waals surface area contributed by atoms with Gasteiger partial charge in [0.2, 0.25) is 5.91 Å². The lowest BCUT2D eigenvalue weighted by Gasteiger charge is -2.25. The molecule has 1 fully saturated rings. The number of nitrogens with one attached hydrogen (secondary N) is 2. The fourth-order valence-corrected chi connectivity index (χ4v) is 4.01. The van der Waals surface area contributed by atoms with E-state index in [-0.39, 0.29) is 12.1 Å². The van der Waals surface area contributed by atoms with Gasteiger partial charge in [0.25, 0.3) is 0 Å². The van der Waals surface area contributed by atoms with Crippen molar-refractivity contribution in [1.29, 1.82) is 0 Å². The van der Waals surface area contributed by atoms with E-state index >= 15 is 0 Å². The molecule has 2 N–H and O–H groups in total. The molecule has 1 aromatic carbocycles. The number of carbonyl (C=O) groups is 1. The number of halogens is 2. The van der Waals surface area contributed by atoms with Gasteiger partial charge in [0.1, 0.15) is 11.9 Å². The lowest BCUT2D eigenvalue weighted by molar-refractivity contribution is -0.123. The van der Waals surface area contributed by atoms with Crippen LogP contribution in [-0.2, 0) is 4.79 Å². The number of ether oxygens (including phenoxy) is 1. The van der Waals surface area contributed by atoms with Crippen molar-refractivity contribution in [2.45, 2.75) is 12.6 Å². The second-order valence-electron chi connectivity index (χ2n) is 3.72. The van der Waals surface area contributed by atoms with Gasteiger partial charge in [-0.1, -0.05) is 0 Å². The number of benzene rings is 1. The third-order valence-electron chi connectivity index (χ3n) is 2.56. The summed E-state index contributed by atoms with van der Waals surface area (Å²) in [6, 6.07) is 4.07. The van der Waals surface area contributed by atoms with Crippen LogP contribution in [0.1, 0.15) is 18.2 Å². The molecule has 0 bridgehead atoms. The lowest BCUT2D eigenvalue weighted by Crippen LogP contribution is -2.44. The SMILES string of the molecule is COc1c(I)cc([C@H]2NCCC(=O)N2)cc1I.